The number of nitrogens with one attached hydrogen (secondary N) is 1. The predicted octanol–water partition coefficient (Wildman–Crippen LogP) is 4.74. The van der Waals surface area contributed by atoms with Gasteiger partial charge in [0.2, 0.25) is 0 Å². The van der Waals surface area contributed by atoms with E-state index in [0.717, 1.165) is 0 Å². The molecule has 0 aliphatic rings. The first-order valence-corrected chi connectivity index (χ1v) is 11.5. The van der Waals surface area contributed by atoms with Crippen molar-refractivity contribution in [1.29, 1.82) is 0 Å². The summed E-state index contributed by atoms with van der Waals surface area (Å²) < 4.78 is 18.0. The Hall–Kier alpha value is -2.00. The molecule has 2 aromatic carbocycles. The Balaban J connectivity index is 2.35. The summed E-state index contributed by atoms with van der Waals surface area (Å²) in [6, 6.07) is 5.96. The van der Waals surface area contributed by atoms with Gasteiger partial charge in [0.15, 0.2) is 5.75 Å². The number of aliphatic hydroxyl groups is 1. The van der Waals surface area contributed by atoms with Gasteiger partial charge < -0.3 is 25.4 Å². The van der Waals surface area contributed by atoms with E-state index < -0.39 is 31.7 Å². The van der Waals surface area contributed by atoms with Crippen LogP contribution in [0.15, 0.2) is 39.3 Å². The molecular formula is C20H21Br2NO7P+. The molecule has 166 valence electrons. The van der Waals surface area contributed by atoms with Crippen LogP contribution in [0.25, 0.3) is 0 Å². The molecule has 2 rings (SSSR count). The summed E-state index contributed by atoms with van der Waals surface area (Å²) >= 11 is 6.69. The van der Waals surface area contributed by atoms with Crippen LogP contribution in [0.4, 0.5) is 0 Å². The first-order valence-electron chi connectivity index (χ1n) is 9.03. The van der Waals surface area contributed by atoms with Gasteiger partial charge in [-0.2, -0.15) is 0 Å². The van der Waals surface area contributed by atoms with Gasteiger partial charge in [0.05, 0.1) is 14.5 Å². The number of halogens is 2. The lowest BCUT2D eigenvalue weighted by atomic mass is 10.0. The second kappa shape index (κ2) is 10.1. The molecule has 3 unspecified atom stereocenters. The normalized spacial score (nSPS) is 14.2. The second-order valence-corrected chi connectivity index (χ2v) is 10.1. The first-order chi connectivity index (χ1) is 14.4. The average Bonchev–Trinajstić information content (AvgIpc) is 2.69. The molecule has 3 atom stereocenters. The maximum Gasteiger partial charge on any atom is 0.364 e. The number of ether oxygens (including phenoxy) is 1. The molecule has 0 aliphatic carbocycles. The van der Waals surface area contributed by atoms with Crippen molar-refractivity contribution in [3.63, 3.8) is 0 Å². The number of benzene rings is 2. The highest BCUT2D eigenvalue weighted by Crippen LogP contribution is 2.42. The van der Waals surface area contributed by atoms with E-state index in [1.165, 1.54) is 25.1 Å². The smallest absolute Gasteiger partial charge is 0.364 e. The first kappa shape index (κ1) is 25.3. The quantitative estimate of drug-likeness (QED) is 0.333. The van der Waals surface area contributed by atoms with Crippen molar-refractivity contribution in [3.05, 3.63) is 50.4 Å². The molecule has 0 fully saturated rings. The van der Waals surface area contributed by atoms with Gasteiger partial charge in [0.25, 0.3) is 11.2 Å². The molecule has 0 saturated heterocycles. The van der Waals surface area contributed by atoms with Crippen molar-refractivity contribution in [1.82, 2.24) is 5.32 Å². The number of amides is 1. The van der Waals surface area contributed by atoms with Crippen LogP contribution in [-0.2, 0) is 14.7 Å². The third kappa shape index (κ3) is 6.04. The van der Waals surface area contributed by atoms with Crippen molar-refractivity contribution >= 4 is 52.2 Å². The fourth-order valence-electron chi connectivity index (χ4n) is 2.61. The summed E-state index contributed by atoms with van der Waals surface area (Å²) in [6.07, 6.45) is 0. The van der Waals surface area contributed by atoms with Gasteiger partial charge >= 0.3 is 14.4 Å². The number of hydrogen-bond donors (Lipinski definition) is 4. The van der Waals surface area contributed by atoms with E-state index in [-0.39, 0.29) is 23.0 Å². The highest BCUT2D eigenvalue weighted by molar-refractivity contribution is 9.11. The third-order valence-corrected chi connectivity index (χ3v) is 6.28. The van der Waals surface area contributed by atoms with E-state index in [1.807, 2.05) is 0 Å². The van der Waals surface area contributed by atoms with Gasteiger partial charge in [-0.1, -0.05) is 18.4 Å². The molecule has 0 aromatic heterocycles. The van der Waals surface area contributed by atoms with Crippen molar-refractivity contribution < 1.29 is 34.2 Å². The molecule has 0 aliphatic heterocycles. The number of carboxylic acids is 1. The van der Waals surface area contributed by atoms with E-state index >= 15 is 0 Å². The number of aliphatic carboxylic acids is 1. The summed E-state index contributed by atoms with van der Waals surface area (Å²) in [6.45, 7) is 4.73. The number of aromatic hydroxyl groups is 1. The molecule has 8 nitrogen and oxygen atoms in total. The van der Waals surface area contributed by atoms with Gasteiger partial charge in [-0.3, -0.25) is 4.79 Å². The molecule has 1 amide bonds. The van der Waals surface area contributed by atoms with Crippen LogP contribution in [0, 0.1) is 5.92 Å². The average molecular weight is 578 g/mol. The number of phenolic OH excluding ortho intramolecular Hbond substituents is 1. The van der Waals surface area contributed by atoms with Gasteiger partial charge in [0, 0.05) is 12.5 Å². The summed E-state index contributed by atoms with van der Waals surface area (Å²) in [7, 11) is -0.979. The molecule has 31 heavy (non-hydrogen) atoms. The van der Waals surface area contributed by atoms with Crippen molar-refractivity contribution in [2.75, 3.05) is 0 Å². The lowest BCUT2D eigenvalue weighted by Gasteiger charge is -2.19. The highest BCUT2D eigenvalue weighted by Gasteiger charge is 2.33. The number of rotatable bonds is 8. The Morgan fingerprint density at radius 1 is 1.16 bits per heavy atom. The summed E-state index contributed by atoms with van der Waals surface area (Å²) in [5.74, 6) is -2.12. The zero-order chi connectivity index (χ0) is 23.5. The van der Waals surface area contributed by atoms with Crippen LogP contribution < -0.4 is 10.1 Å². The molecule has 0 bridgehead atoms. The maximum absolute atomic E-state index is 12.5. The summed E-state index contributed by atoms with van der Waals surface area (Å²) in [5, 5.41) is 30.4. The molecule has 0 heterocycles. The Morgan fingerprint density at radius 2 is 1.74 bits per heavy atom. The van der Waals surface area contributed by atoms with Crippen LogP contribution in [0.5, 0.6) is 17.2 Å². The minimum absolute atomic E-state index is 0.149. The van der Waals surface area contributed by atoms with E-state index in [0.29, 0.717) is 20.3 Å². The van der Waals surface area contributed by atoms with Crippen LogP contribution in [0.1, 0.15) is 36.7 Å². The summed E-state index contributed by atoms with van der Waals surface area (Å²) in [5.41, 5.74) is 0.245. The molecule has 0 radical (unpaired) electrons. The van der Waals surface area contributed by atoms with E-state index in [2.05, 4.69) is 37.2 Å². The fraction of sp³-hybridized carbons (Fsp3) is 0.300. The number of carboxylic acid groups (broad SMARTS) is 1. The van der Waals surface area contributed by atoms with E-state index in [4.69, 9.17) is 4.74 Å². The molecule has 11 heteroatoms. The van der Waals surface area contributed by atoms with Crippen molar-refractivity contribution in [2.45, 2.75) is 32.2 Å². The molecule has 2 aromatic rings. The molecular weight excluding hydrogens is 557 g/mol. The lowest BCUT2D eigenvalue weighted by molar-refractivity contribution is -0.140. The topological polar surface area (TPSA) is 133 Å². The fourth-order valence-corrected chi connectivity index (χ4v) is 4.22. The zero-order valence-electron chi connectivity index (χ0n) is 16.8. The molecule has 0 saturated carbocycles. The third-order valence-electron chi connectivity index (χ3n) is 4.41. The number of carbonyl (C=O) groups is 2. The molecule has 0 spiro atoms. The maximum atomic E-state index is 12.5. The zero-order valence-corrected chi connectivity index (χ0v) is 20.9. The van der Waals surface area contributed by atoms with E-state index in [1.54, 1.807) is 26.0 Å². The Bertz CT molecular complexity index is 1000. The van der Waals surface area contributed by atoms with Crippen LogP contribution in [0.2, 0.25) is 0 Å². The second-order valence-electron chi connectivity index (χ2n) is 7.26. The Kier molecular flexibility index (Phi) is 8.21. The SMILES string of the molecule is CC(C)C(NC(=O)c1cc(Oc2c(Br)cc(C(C)(O)[PH+]=O)cc2Br)ccc1O)C(=O)O. The van der Waals surface area contributed by atoms with E-state index in [9.17, 15) is 29.5 Å². The van der Waals surface area contributed by atoms with Gasteiger partial charge in [-0.25, -0.2) is 4.79 Å². The largest absolute Gasteiger partial charge is 0.507 e. The lowest BCUT2D eigenvalue weighted by Crippen LogP contribution is -2.44. The number of phenols is 1. The van der Waals surface area contributed by atoms with Gasteiger partial charge in [0.1, 0.15) is 17.5 Å². The number of hydrogen-bond acceptors (Lipinski definition) is 6. The van der Waals surface area contributed by atoms with Crippen molar-refractivity contribution in [2.24, 2.45) is 5.92 Å². The predicted molar refractivity (Wildman–Crippen MR) is 122 cm³/mol. The van der Waals surface area contributed by atoms with Crippen LogP contribution in [0.3, 0.4) is 0 Å². The summed E-state index contributed by atoms with van der Waals surface area (Å²) in [4.78, 5) is 23.9. The Labute approximate surface area is 197 Å². The van der Waals surface area contributed by atoms with Gasteiger partial charge in [-0.15, -0.1) is 0 Å². The van der Waals surface area contributed by atoms with Crippen LogP contribution in [-0.4, -0.2) is 33.2 Å². The monoisotopic (exact) mass is 576 g/mol. The van der Waals surface area contributed by atoms with Gasteiger partial charge in [-0.05, 0) is 68.1 Å². The highest BCUT2D eigenvalue weighted by atomic mass is 79.9. The minimum atomic E-state index is -1.54. The molecule has 4 N–H and O–H groups in total. The van der Waals surface area contributed by atoms with Crippen LogP contribution >= 0.6 is 40.3 Å². The standard InChI is InChI=1S/C20H20Br2NO7P/c1-9(2)16(19(26)27)23-18(25)12-8-11(4-5-15(12)24)30-17-13(21)6-10(7-14(17)22)20(3,28)31-29/h4-9,16,24,28H,1-3H3,(H,23,25)(H,26,27)/p+1. The minimum Gasteiger partial charge on any atom is -0.507 e. The van der Waals surface area contributed by atoms with Crippen molar-refractivity contribution in [3.8, 4) is 17.2 Å². The number of carbonyl (C=O) groups excluding carboxylic acids is 1. The Morgan fingerprint density at radius 3 is 2.23 bits per heavy atom.